The summed E-state index contributed by atoms with van der Waals surface area (Å²) in [5.74, 6) is 0. The first kappa shape index (κ1) is 15.7. The second-order valence-corrected chi connectivity index (χ2v) is 5.75. The molecule has 0 radical (unpaired) electrons. The topological polar surface area (TPSA) is 46.5 Å². The monoisotopic (exact) mass is 303 g/mol. The van der Waals surface area contributed by atoms with Crippen LogP contribution in [-0.4, -0.2) is 17.3 Å². The van der Waals surface area contributed by atoms with Crippen molar-refractivity contribution in [1.29, 1.82) is 0 Å². The van der Waals surface area contributed by atoms with Crippen LogP contribution in [0.15, 0.2) is 34.7 Å². The van der Waals surface area contributed by atoms with Crippen LogP contribution in [0.1, 0.15) is 37.1 Å². The van der Waals surface area contributed by atoms with Gasteiger partial charge in [-0.15, -0.1) is 11.3 Å². The van der Waals surface area contributed by atoms with Crippen molar-refractivity contribution in [3.8, 4) is 0 Å². The number of aryl methyl sites for hydroxylation is 1. The number of nitrogens with zero attached hydrogens (tertiary/aromatic N) is 2. The number of anilines is 1. The zero-order valence-electron chi connectivity index (χ0n) is 12.7. The SMILES string of the molecule is CCC(C)OCc1ccccc1C=NNc1nc(C)cs1. The van der Waals surface area contributed by atoms with Gasteiger partial charge in [0.05, 0.1) is 24.6 Å². The Hall–Kier alpha value is -1.72. The van der Waals surface area contributed by atoms with Crippen molar-refractivity contribution in [1.82, 2.24) is 4.98 Å². The van der Waals surface area contributed by atoms with Crippen molar-refractivity contribution in [2.75, 3.05) is 5.43 Å². The maximum absolute atomic E-state index is 5.79. The molecule has 0 amide bonds. The molecule has 1 heterocycles. The lowest BCUT2D eigenvalue weighted by Crippen LogP contribution is -2.07. The molecule has 1 aromatic carbocycles. The lowest BCUT2D eigenvalue weighted by atomic mass is 10.1. The van der Waals surface area contributed by atoms with Gasteiger partial charge < -0.3 is 4.74 Å². The smallest absolute Gasteiger partial charge is 0.203 e. The fourth-order valence-corrected chi connectivity index (χ4v) is 2.34. The van der Waals surface area contributed by atoms with Gasteiger partial charge in [0.1, 0.15) is 0 Å². The van der Waals surface area contributed by atoms with Gasteiger partial charge >= 0.3 is 0 Å². The van der Waals surface area contributed by atoms with Crippen molar-refractivity contribution >= 4 is 22.7 Å². The second-order valence-electron chi connectivity index (χ2n) is 4.89. The number of thiazole rings is 1. The van der Waals surface area contributed by atoms with E-state index < -0.39 is 0 Å². The van der Waals surface area contributed by atoms with Crippen LogP contribution in [0.4, 0.5) is 5.13 Å². The van der Waals surface area contributed by atoms with Gasteiger partial charge in [-0.25, -0.2) is 4.98 Å². The summed E-state index contributed by atoms with van der Waals surface area (Å²) >= 11 is 1.55. The lowest BCUT2D eigenvalue weighted by Gasteiger charge is -2.12. The number of nitrogens with one attached hydrogen (secondary N) is 1. The highest BCUT2D eigenvalue weighted by molar-refractivity contribution is 7.13. The molecular formula is C16H21N3OS. The van der Waals surface area contributed by atoms with Crippen LogP contribution in [0.3, 0.4) is 0 Å². The Bertz CT molecular complexity index is 595. The maximum Gasteiger partial charge on any atom is 0.203 e. The van der Waals surface area contributed by atoms with E-state index in [0.717, 1.165) is 28.4 Å². The molecule has 0 saturated carbocycles. The zero-order chi connectivity index (χ0) is 15.1. The third-order valence-electron chi connectivity index (χ3n) is 3.14. The summed E-state index contributed by atoms with van der Waals surface area (Å²) in [5.41, 5.74) is 6.15. The van der Waals surface area contributed by atoms with E-state index in [1.165, 1.54) is 0 Å². The summed E-state index contributed by atoms with van der Waals surface area (Å²) < 4.78 is 5.79. The van der Waals surface area contributed by atoms with Gasteiger partial charge in [0.2, 0.25) is 5.13 Å². The molecule has 0 aliphatic heterocycles. The van der Waals surface area contributed by atoms with E-state index in [2.05, 4.69) is 35.4 Å². The predicted molar refractivity (Wildman–Crippen MR) is 89.1 cm³/mol. The van der Waals surface area contributed by atoms with Crippen molar-refractivity contribution in [2.45, 2.75) is 39.9 Å². The van der Waals surface area contributed by atoms with Crippen LogP contribution < -0.4 is 5.43 Å². The standard InChI is InChI=1S/C16H21N3OS/c1-4-13(3)20-10-15-8-6-5-7-14(15)9-17-19-16-18-12(2)11-21-16/h5-9,11,13H,4,10H2,1-3H3,(H,18,19). The first-order valence-corrected chi connectivity index (χ1v) is 7.97. The van der Waals surface area contributed by atoms with Crippen LogP contribution in [0, 0.1) is 6.92 Å². The third kappa shape index (κ3) is 4.95. The first-order valence-electron chi connectivity index (χ1n) is 7.09. The lowest BCUT2D eigenvalue weighted by molar-refractivity contribution is 0.0508. The molecule has 21 heavy (non-hydrogen) atoms. The molecule has 1 atom stereocenters. The largest absolute Gasteiger partial charge is 0.374 e. The average Bonchev–Trinajstić information content (AvgIpc) is 2.91. The Morgan fingerprint density at radius 1 is 1.43 bits per heavy atom. The zero-order valence-corrected chi connectivity index (χ0v) is 13.5. The van der Waals surface area contributed by atoms with Crippen molar-refractivity contribution < 1.29 is 4.74 Å². The molecule has 5 heteroatoms. The normalized spacial score (nSPS) is 12.7. The second kappa shape index (κ2) is 7.90. The summed E-state index contributed by atoms with van der Waals surface area (Å²) in [7, 11) is 0. The molecule has 4 nitrogen and oxygen atoms in total. The average molecular weight is 303 g/mol. The summed E-state index contributed by atoms with van der Waals surface area (Å²) in [6.45, 7) is 6.78. The maximum atomic E-state index is 5.79. The van der Waals surface area contributed by atoms with Crippen molar-refractivity contribution in [3.63, 3.8) is 0 Å². The van der Waals surface area contributed by atoms with Gasteiger partial charge in [0.15, 0.2) is 0 Å². The highest BCUT2D eigenvalue weighted by atomic mass is 32.1. The van der Waals surface area contributed by atoms with E-state index in [9.17, 15) is 0 Å². The molecule has 1 unspecified atom stereocenters. The number of aromatic nitrogens is 1. The van der Waals surface area contributed by atoms with E-state index in [0.29, 0.717) is 6.61 Å². The summed E-state index contributed by atoms with van der Waals surface area (Å²) in [6, 6.07) is 8.12. The number of hydrogen-bond donors (Lipinski definition) is 1. The Morgan fingerprint density at radius 2 is 2.24 bits per heavy atom. The fourth-order valence-electron chi connectivity index (χ4n) is 1.70. The molecule has 0 saturated heterocycles. The van der Waals surface area contributed by atoms with Crippen LogP contribution in [-0.2, 0) is 11.3 Å². The van der Waals surface area contributed by atoms with Gasteiger partial charge in [-0.1, -0.05) is 31.2 Å². The fraction of sp³-hybridized carbons (Fsp3) is 0.375. The third-order valence-corrected chi connectivity index (χ3v) is 4.00. The van der Waals surface area contributed by atoms with E-state index in [4.69, 9.17) is 4.74 Å². The minimum absolute atomic E-state index is 0.270. The van der Waals surface area contributed by atoms with Gasteiger partial charge in [-0.05, 0) is 25.8 Å². The Kier molecular flexibility index (Phi) is 5.90. The summed E-state index contributed by atoms with van der Waals surface area (Å²) in [5, 5.41) is 7.05. The van der Waals surface area contributed by atoms with Crippen LogP contribution in [0.25, 0.3) is 0 Å². The molecular weight excluding hydrogens is 282 g/mol. The van der Waals surface area contributed by atoms with E-state index in [-0.39, 0.29) is 6.10 Å². The van der Waals surface area contributed by atoms with Crippen molar-refractivity contribution in [3.05, 3.63) is 46.5 Å². The molecule has 0 bridgehead atoms. The van der Waals surface area contributed by atoms with E-state index >= 15 is 0 Å². The highest BCUT2D eigenvalue weighted by Gasteiger charge is 2.03. The molecule has 2 aromatic rings. The van der Waals surface area contributed by atoms with E-state index in [1.54, 1.807) is 11.3 Å². The number of hydrogen-bond acceptors (Lipinski definition) is 5. The molecule has 1 N–H and O–H groups in total. The number of rotatable bonds is 7. The number of hydrazone groups is 1. The Labute approximate surface area is 129 Å². The molecule has 2 rings (SSSR count). The van der Waals surface area contributed by atoms with Gasteiger partial charge in [0, 0.05) is 10.9 Å². The van der Waals surface area contributed by atoms with Gasteiger partial charge in [-0.2, -0.15) is 5.10 Å². The predicted octanol–water partition coefficient (Wildman–Crippen LogP) is 4.21. The van der Waals surface area contributed by atoms with Crippen LogP contribution in [0.5, 0.6) is 0 Å². The molecule has 1 aromatic heterocycles. The van der Waals surface area contributed by atoms with E-state index in [1.807, 2.05) is 36.7 Å². The Balaban J connectivity index is 1.98. The quantitative estimate of drug-likeness (QED) is 0.615. The molecule has 112 valence electrons. The summed E-state index contributed by atoms with van der Waals surface area (Å²) in [6.07, 6.45) is 3.10. The highest BCUT2D eigenvalue weighted by Crippen LogP contribution is 2.14. The van der Waals surface area contributed by atoms with Gasteiger partial charge in [0.25, 0.3) is 0 Å². The minimum Gasteiger partial charge on any atom is -0.374 e. The number of benzene rings is 1. The molecule has 0 aliphatic rings. The minimum atomic E-state index is 0.270. The van der Waals surface area contributed by atoms with Crippen LogP contribution >= 0.6 is 11.3 Å². The molecule has 0 aliphatic carbocycles. The molecule has 0 fully saturated rings. The van der Waals surface area contributed by atoms with Crippen LogP contribution in [0.2, 0.25) is 0 Å². The summed E-state index contributed by atoms with van der Waals surface area (Å²) in [4.78, 5) is 4.30. The first-order chi connectivity index (χ1) is 10.2. The Morgan fingerprint density at radius 3 is 2.95 bits per heavy atom. The molecule has 0 spiro atoms. The van der Waals surface area contributed by atoms with Crippen molar-refractivity contribution in [2.24, 2.45) is 5.10 Å². The van der Waals surface area contributed by atoms with Gasteiger partial charge in [-0.3, -0.25) is 5.43 Å². The number of ether oxygens (including phenoxy) is 1.